The number of benzene rings is 3. The Morgan fingerprint density at radius 2 is 0.923 bits per heavy atom. The van der Waals surface area contributed by atoms with Crippen LogP contribution in [-0.2, 0) is 13.2 Å². The van der Waals surface area contributed by atoms with E-state index in [1.807, 2.05) is 0 Å². The Morgan fingerprint density at radius 3 is 1.31 bits per heavy atom. The van der Waals surface area contributed by atoms with Crippen LogP contribution in [0.15, 0.2) is 60.7 Å². The summed E-state index contributed by atoms with van der Waals surface area (Å²) in [6.45, 7) is 9.45. The summed E-state index contributed by atoms with van der Waals surface area (Å²) in [6.07, 6.45) is 0. The topological polar surface area (TPSA) is 18.5 Å². The van der Waals surface area contributed by atoms with Gasteiger partial charge < -0.3 is 9.47 Å². The Hall–Kier alpha value is -2.74. The standard InChI is InChI=1S/C24H26O2/c1-17-5-7-19(3)23(13-17)25-15-21-9-11-22(12-10-21)16-26-24-14-18(2)6-8-20(24)4/h5-14H,15-16H2,1-4H3. The molecule has 0 aliphatic rings. The van der Waals surface area contributed by atoms with Crippen molar-refractivity contribution in [2.24, 2.45) is 0 Å². The SMILES string of the molecule is Cc1ccc(C)c(OCc2ccc(COc3cc(C)ccc3C)cc2)c1. The van der Waals surface area contributed by atoms with Gasteiger partial charge in [0.25, 0.3) is 0 Å². The van der Waals surface area contributed by atoms with E-state index in [0.29, 0.717) is 13.2 Å². The summed E-state index contributed by atoms with van der Waals surface area (Å²) < 4.78 is 11.9. The van der Waals surface area contributed by atoms with Crippen molar-refractivity contribution in [3.05, 3.63) is 94.0 Å². The molecule has 0 saturated heterocycles. The highest BCUT2D eigenvalue weighted by molar-refractivity contribution is 5.37. The minimum absolute atomic E-state index is 0.572. The van der Waals surface area contributed by atoms with Gasteiger partial charge in [-0.05, 0) is 73.2 Å². The molecule has 3 aromatic carbocycles. The number of rotatable bonds is 6. The van der Waals surface area contributed by atoms with Gasteiger partial charge in [0.2, 0.25) is 0 Å². The fraction of sp³-hybridized carbons (Fsp3) is 0.250. The smallest absolute Gasteiger partial charge is 0.122 e. The van der Waals surface area contributed by atoms with Crippen molar-refractivity contribution in [2.45, 2.75) is 40.9 Å². The van der Waals surface area contributed by atoms with E-state index in [1.54, 1.807) is 0 Å². The maximum absolute atomic E-state index is 5.97. The van der Waals surface area contributed by atoms with Crippen LogP contribution < -0.4 is 9.47 Å². The second-order valence-electron chi connectivity index (χ2n) is 6.93. The lowest BCUT2D eigenvalue weighted by molar-refractivity contribution is 0.300. The van der Waals surface area contributed by atoms with Gasteiger partial charge in [0.15, 0.2) is 0 Å². The summed E-state index contributed by atoms with van der Waals surface area (Å²) in [5, 5.41) is 0. The predicted molar refractivity (Wildman–Crippen MR) is 107 cm³/mol. The highest BCUT2D eigenvalue weighted by Gasteiger charge is 2.03. The van der Waals surface area contributed by atoms with Crippen molar-refractivity contribution in [1.29, 1.82) is 0 Å². The molecule has 0 aromatic heterocycles. The van der Waals surface area contributed by atoms with Crippen molar-refractivity contribution in [3.8, 4) is 11.5 Å². The zero-order valence-corrected chi connectivity index (χ0v) is 16.0. The zero-order valence-electron chi connectivity index (χ0n) is 16.0. The van der Waals surface area contributed by atoms with E-state index in [2.05, 4.69) is 88.4 Å². The van der Waals surface area contributed by atoms with Crippen molar-refractivity contribution >= 4 is 0 Å². The van der Waals surface area contributed by atoms with Gasteiger partial charge in [0.1, 0.15) is 24.7 Å². The lowest BCUT2D eigenvalue weighted by Crippen LogP contribution is -2.00. The molecule has 0 unspecified atom stereocenters. The summed E-state index contributed by atoms with van der Waals surface area (Å²) >= 11 is 0. The van der Waals surface area contributed by atoms with Crippen molar-refractivity contribution < 1.29 is 9.47 Å². The van der Waals surface area contributed by atoms with Crippen LogP contribution in [0.1, 0.15) is 33.4 Å². The Morgan fingerprint density at radius 1 is 0.538 bits per heavy atom. The molecule has 3 aromatic rings. The first-order valence-electron chi connectivity index (χ1n) is 8.99. The molecule has 0 amide bonds. The van der Waals surface area contributed by atoms with E-state index in [0.717, 1.165) is 33.8 Å². The molecule has 0 bridgehead atoms. The number of ether oxygens (including phenoxy) is 2. The molecule has 0 heterocycles. The van der Waals surface area contributed by atoms with E-state index in [1.165, 1.54) is 11.1 Å². The molecule has 2 heteroatoms. The van der Waals surface area contributed by atoms with Gasteiger partial charge in [-0.15, -0.1) is 0 Å². The second kappa shape index (κ2) is 8.09. The number of hydrogen-bond acceptors (Lipinski definition) is 2. The minimum atomic E-state index is 0.572. The molecule has 134 valence electrons. The fourth-order valence-electron chi connectivity index (χ4n) is 2.78. The third-order valence-corrected chi connectivity index (χ3v) is 4.50. The lowest BCUT2D eigenvalue weighted by Gasteiger charge is -2.12. The van der Waals surface area contributed by atoms with Gasteiger partial charge in [-0.2, -0.15) is 0 Å². The summed E-state index contributed by atoms with van der Waals surface area (Å²) in [7, 11) is 0. The van der Waals surface area contributed by atoms with Crippen LogP contribution in [0.2, 0.25) is 0 Å². The molecule has 0 aliphatic carbocycles. The van der Waals surface area contributed by atoms with Crippen LogP contribution in [0.4, 0.5) is 0 Å². The maximum Gasteiger partial charge on any atom is 0.122 e. The largest absolute Gasteiger partial charge is 0.489 e. The first-order valence-corrected chi connectivity index (χ1v) is 8.99. The molecule has 26 heavy (non-hydrogen) atoms. The van der Waals surface area contributed by atoms with Crippen molar-refractivity contribution in [2.75, 3.05) is 0 Å². The van der Waals surface area contributed by atoms with E-state index >= 15 is 0 Å². The maximum atomic E-state index is 5.97. The molecule has 0 atom stereocenters. The molecule has 0 saturated carbocycles. The highest BCUT2D eigenvalue weighted by Crippen LogP contribution is 2.22. The van der Waals surface area contributed by atoms with Crippen LogP contribution in [0, 0.1) is 27.7 Å². The van der Waals surface area contributed by atoms with E-state index in [4.69, 9.17) is 9.47 Å². The lowest BCUT2D eigenvalue weighted by atomic mass is 10.1. The third-order valence-electron chi connectivity index (χ3n) is 4.50. The Kier molecular flexibility index (Phi) is 5.62. The molecule has 3 rings (SSSR count). The average molecular weight is 346 g/mol. The number of hydrogen-bond donors (Lipinski definition) is 0. The van der Waals surface area contributed by atoms with Crippen LogP contribution in [0.3, 0.4) is 0 Å². The van der Waals surface area contributed by atoms with Gasteiger partial charge in [-0.1, -0.05) is 48.5 Å². The Bertz CT molecular complexity index is 805. The Balaban J connectivity index is 1.58. The minimum Gasteiger partial charge on any atom is -0.489 e. The van der Waals surface area contributed by atoms with Crippen LogP contribution in [0.5, 0.6) is 11.5 Å². The van der Waals surface area contributed by atoms with E-state index in [9.17, 15) is 0 Å². The average Bonchev–Trinajstić information content (AvgIpc) is 2.64. The third kappa shape index (κ3) is 4.66. The molecular weight excluding hydrogens is 320 g/mol. The zero-order chi connectivity index (χ0) is 18.5. The van der Waals surface area contributed by atoms with Gasteiger partial charge in [-0.25, -0.2) is 0 Å². The number of aryl methyl sites for hydroxylation is 4. The predicted octanol–water partition coefficient (Wildman–Crippen LogP) is 6.08. The molecule has 2 nitrogen and oxygen atoms in total. The normalized spacial score (nSPS) is 10.6. The molecule has 0 radical (unpaired) electrons. The first kappa shape index (κ1) is 18.1. The van der Waals surface area contributed by atoms with E-state index in [-0.39, 0.29) is 0 Å². The van der Waals surface area contributed by atoms with Crippen LogP contribution in [-0.4, -0.2) is 0 Å². The van der Waals surface area contributed by atoms with Gasteiger partial charge in [0.05, 0.1) is 0 Å². The summed E-state index contributed by atoms with van der Waals surface area (Å²) in [5.41, 5.74) is 7.06. The van der Waals surface area contributed by atoms with Crippen LogP contribution >= 0.6 is 0 Å². The second-order valence-corrected chi connectivity index (χ2v) is 6.93. The molecule has 0 spiro atoms. The molecule has 0 fully saturated rings. The molecule has 0 N–H and O–H groups in total. The van der Waals surface area contributed by atoms with Gasteiger partial charge in [0, 0.05) is 0 Å². The fourth-order valence-corrected chi connectivity index (χ4v) is 2.78. The van der Waals surface area contributed by atoms with Gasteiger partial charge in [-0.3, -0.25) is 0 Å². The quantitative estimate of drug-likeness (QED) is 0.538. The summed E-state index contributed by atoms with van der Waals surface area (Å²) in [6, 6.07) is 21.0. The summed E-state index contributed by atoms with van der Waals surface area (Å²) in [4.78, 5) is 0. The van der Waals surface area contributed by atoms with E-state index < -0.39 is 0 Å². The van der Waals surface area contributed by atoms with Crippen molar-refractivity contribution in [1.82, 2.24) is 0 Å². The first-order chi connectivity index (χ1) is 12.5. The highest BCUT2D eigenvalue weighted by atomic mass is 16.5. The van der Waals surface area contributed by atoms with Crippen LogP contribution in [0.25, 0.3) is 0 Å². The molecule has 0 aliphatic heterocycles. The molecular formula is C24H26O2. The van der Waals surface area contributed by atoms with Gasteiger partial charge >= 0.3 is 0 Å². The monoisotopic (exact) mass is 346 g/mol. The van der Waals surface area contributed by atoms with Crippen molar-refractivity contribution in [3.63, 3.8) is 0 Å². The summed E-state index contributed by atoms with van der Waals surface area (Å²) in [5.74, 6) is 1.90. The Labute approximate surface area is 156 Å².